The standard InChI is InChI=1S/C14H15NO2/c16-13-8-10-15(14(17)11-13)9-4-7-12-5-2-1-3-6-12/h1-3,5-6,8,10H,4,7,9,11H2. The minimum absolute atomic E-state index is 0.0157. The van der Waals surface area contributed by atoms with Crippen LogP contribution in [0.1, 0.15) is 18.4 Å². The molecule has 0 aliphatic carbocycles. The van der Waals surface area contributed by atoms with Crippen LogP contribution in [-0.4, -0.2) is 23.1 Å². The van der Waals surface area contributed by atoms with Crippen LogP contribution in [0.5, 0.6) is 0 Å². The number of benzene rings is 1. The van der Waals surface area contributed by atoms with E-state index < -0.39 is 0 Å². The summed E-state index contributed by atoms with van der Waals surface area (Å²) >= 11 is 0. The van der Waals surface area contributed by atoms with Gasteiger partial charge < -0.3 is 4.90 Å². The quantitative estimate of drug-likeness (QED) is 0.740. The summed E-state index contributed by atoms with van der Waals surface area (Å²) in [6.07, 6.45) is 4.95. The Balaban J connectivity index is 1.81. The maximum Gasteiger partial charge on any atom is 0.234 e. The number of rotatable bonds is 4. The van der Waals surface area contributed by atoms with Crippen molar-refractivity contribution in [1.29, 1.82) is 0 Å². The molecule has 1 amide bonds. The first-order valence-corrected chi connectivity index (χ1v) is 5.80. The summed E-state index contributed by atoms with van der Waals surface area (Å²) < 4.78 is 0. The maximum atomic E-state index is 11.5. The molecule has 17 heavy (non-hydrogen) atoms. The predicted octanol–water partition coefficient (Wildman–Crippen LogP) is 1.93. The molecule has 0 radical (unpaired) electrons. The van der Waals surface area contributed by atoms with Crippen LogP contribution in [-0.2, 0) is 16.0 Å². The number of allylic oxidation sites excluding steroid dienone is 1. The summed E-state index contributed by atoms with van der Waals surface area (Å²) in [5.41, 5.74) is 1.28. The second-order valence-corrected chi connectivity index (χ2v) is 4.14. The lowest BCUT2D eigenvalue weighted by atomic mass is 10.1. The molecule has 0 atom stereocenters. The molecule has 3 nitrogen and oxygen atoms in total. The lowest BCUT2D eigenvalue weighted by molar-refractivity contribution is -0.133. The molecule has 0 bridgehead atoms. The molecule has 1 aromatic rings. The molecule has 1 aromatic carbocycles. The molecule has 0 spiro atoms. The number of carbonyl (C=O) groups excluding carboxylic acids is 2. The number of hydrogen-bond donors (Lipinski definition) is 0. The van der Waals surface area contributed by atoms with Crippen molar-refractivity contribution in [2.24, 2.45) is 0 Å². The van der Waals surface area contributed by atoms with E-state index in [9.17, 15) is 9.59 Å². The van der Waals surface area contributed by atoms with Crippen molar-refractivity contribution in [3.63, 3.8) is 0 Å². The number of nitrogens with zero attached hydrogens (tertiary/aromatic N) is 1. The second-order valence-electron chi connectivity index (χ2n) is 4.14. The van der Waals surface area contributed by atoms with E-state index in [1.165, 1.54) is 11.6 Å². The van der Waals surface area contributed by atoms with Crippen molar-refractivity contribution in [2.75, 3.05) is 6.54 Å². The van der Waals surface area contributed by atoms with E-state index in [0.717, 1.165) is 12.8 Å². The molecule has 88 valence electrons. The molecular formula is C14H15NO2. The van der Waals surface area contributed by atoms with E-state index >= 15 is 0 Å². The number of ketones is 1. The van der Waals surface area contributed by atoms with Gasteiger partial charge in [-0.25, -0.2) is 0 Å². The summed E-state index contributed by atoms with van der Waals surface area (Å²) in [6, 6.07) is 10.2. The van der Waals surface area contributed by atoms with E-state index in [1.807, 2.05) is 18.2 Å². The second kappa shape index (κ2) is 5.43. The van der Waals surface area contributed by atoms with Crippen LogP contribution in [0, 0.1) is 0 Å². The van der Waals surface area contributed by atoms with Crippen LogP contribution in [0.25, 0.3) is 0 Å². The van der Waals surface area contributed by atoms with Crippen LogP contribution < -0.4 is 0 Å². The van der Waals surface area contributed by atoms with Crippen molar-refractivity contribution in [1.82, 2.24) is 4.90 Å². The van der Waals surface area contributed by atoms with Crippen molar-refractivity contribution >= 4 is 11.7 Å². The minimum atomic E-state index is -0.102. The number of aryl methyl sites for hydroxylation is 1. The number of amides is 1. The van der Waals surface area contributed by atoms with E-state index in [-0.39, 0.29) is 18.1 Å². The molecule has 2 rings (SSSR count). The van der Waals surface area contributed by atoms with Gasteiger partial charge in [-0.05, 0) is 24.5 Å². The van der Waals surface area contributed by atoms with Gasteiger partial charge in [0.05, 0.1) is 6.42 Å². The van der Waals surface area contributed by atoms with Crippen molar-refractivity contribution in [3.05, 3.63) is 48.2 Å². The lowest BCUT2D eigenvalue weighted by Crippen LogP contribution is -2.31. The third-order valence-electron chi connectivity index (χ3n) is 2.79. The highest BCUT2D eigenvalue weighted by molar-refractivity contribution is 6.06. The average Bonchev–Trinajstić information content (AvgIpc) is 2.33. The zero-order valence-electron chi connectivity index (χ0n) is 9.63. The fourth-order valence-electron chi connectivity index (χ4n) is 1.86. The summed E-state index contributed by atoms with van der Waals surface area (Å²) in [6.45, 7) is 0.678. The lowest BCUT2D eigenvalue weighted by Gasteiger charge is -2.20. The molecule has 3 heteroatoms. The Morgan fingerprint density at radius 3 is 2.59 bits per heavy atom. The van der Waals surface area contributed by atoms with E-state index in [2.05, 4.69) is 12.1 Å². The molecular weight excluding hydrogens is 214 g/mol. The van der Waals surface area contributed by atoms with Gasteiger partial charge in [-0.3, -0.25) is 9.59 Å². The Kier molecular flexibility index (Phi) is 3.70. The highest BCUT2D eigenvalue weighted by atomic mass is 16.2. The van der Waals surface area contributed by atoms with Gasteiger partial charge in [-0.15, -0.1) is 0 Å². The molecule has 0 saturated carbocycles. The minimum Gasteiger partial charge on any atom is -0.319 e. The van der Waals surface area contributed by atoms with Crippen LogP contribution >= 0.6 is 0 Å². The van der Waals surface area contributed by atoms with Crippen LogP contribution in [0.15, 0.2) is 42.6 Å². The Hall–Kier alpha value is -1.90. The van der Waals surface area contributed by atoms with Gasteiger partial charge >= 0.3 is 0 Å². The zero-order chi connectivity index (χ0) is 12.1. The Morgan fingerprint density at radius 2 is 1.88 bits per heavy atom. The van der Waals surface area contributed by atoms with Crippen molar-refractivity contribution < 1.29 is 9.59 Å². The van der Waals surface area contributed by atoms with Crippen LogP contribution in [0.4, 0.5) is 0 Å². The summed E-state index contributed by atoms with van der Waals surface area (Å²) in [4.78, 5) is 24.1. The van der Waals surface area contributed by atoms with Gasteiger partial charge in [0, 0.05) is 12.7 Å². The van der Waals surface area contributed by atoms with E-state index in [4.69, 9.17) is 0 Å². The van der Waals surface area contributed by atoms with Gasteiger partial charge in [0.2, 0.25) is 5.91 Å². The summed E-state index contributed by atoms with van der Waals surface area (Å²) in [5, 5.41) is 0. The molecule has 0 saturated heterocycles. The van der Waals surface area contributed by atoms with Crippen molar-refractivity contribution in [3.8, 4) is 0 Å². The SMILES string of the molecule is O=C1C=CN(CCCc2ccccc2)C(=O)C1. The van der Waals surface area contributed by atoms with Gasteiger partial charge in [0.25, 0.3) is 0 Å². The molecule has 0 unspecified atom stereocenters. The summed E-state index contributed by atoms with van der Waals surface area (Å²) in [7, 11) is 0. The predicted molar refractivity (Wildman–Crippen MR) is 65.2 cm³/mol. The molecule has 0 N–H and O–H groups in total. The van der Waals surface area contributed by atoms with Crippen molar-refractivity contribution in [2.45, 2.75) is 19.3 Å². The molecule has 0 aromatic heterocycles. The Morgan fingerprint density at radius 1 is 1.12 bits per heavy atom. The third kappa shape index (κ3) is 3.28. The molecule has 1 heterocycles. The van der Waals surface area contributed by atoms with E-state index in [0.29, 0.717) is 6.54 Å². The van der Waals surface area contributed by atoms with Crippen LogP contribution in [0.2, 0.25) is 0 Å². The van der Waals surface area contributed by atoms with Gasteiger partial charge in [0.1, 0.15) is 0 Å². The Labute approximate surface area is 101 Å². The topological polar surface area (TPSA) is 37.4 Å². The molecule has 1 aliphatic heterocycles. The van der Waals surface area contributed by atoms with Gasteiger partial charge in [-0.2, -0.15) is 0 Å². The van der Waals surface area contributed by atoms with Crippen LogP contribution in [0.3, 0.4) is 0 Å². The smallest absolute Gasteiger partial charge is 0.234 e. The monoisotopic (exact) mass is 229 g/mol. The van der Waals surface area contributed by atoms with Gasteiger partial charge in [0.15, 0.2) is 5.78 Å². The maximum absolute atomic E-state index is 11.5. The highest BCUT2D eigenvalue weighted by Gasteiger charge is 2.18. The normalized spacial score (nSPS) is 15.4. The number of hydrogen-bond acceptors (Lipinski definition) is 2. The first-order chi connectivity index (χ1) is 8.25. The Bertz CT molecular complexity index is 437. The van der Waals surface area contributed by atoms with E-state index in [1.54, 1.807) is 11.1 Å². The first-order valence-electron chi connectivity index (χ1n) is 5.80. The zero-order valence-corrected chi connectivity index (χ0v) is 9.63. The number of carbonyl (C=O) groups is 2. The fraction of sp³-hybridized carbons (Fsp3) is 0.286. The highest BCUT2D eigenvalue weighted by Crippen LogP contribution is 2.08. The third-order valence-corrected chi connectivity index (χ3v) is 2.79. The largest absolute Gasteiger partial charge is 0.319 e. The molecule has 1 aliphatic rings. The average molecular weight is 229 g/mol. The summed E-state index contributed by atoms with van der Waals surface area (Å²) in [5.74, 6) is -0.195. The first kappa shape index (κ1) is 11.6. The fourth-order valence-corrected chi connectivity index (χ4v) is 1.86. The van der Waals surface area contributed by atoms with Gasteiger partial charge in [-0.1, -0.05) is 30.3 Å². The molecule has 0 fully saturated rings.